The molecule has 4 rings (SSSR count). The van der Waals surface area contributed by atoms with E-state index in [0.29, 0.717) is 18.0 Å². The van der Waals surface area contributed by atoms with Gasteiger partial charge >= 0.3 is 0 Å². The van der Waals surface area contributed by atoms with Crippen LogP contribution in [0.5, 0.6) is 0 Å². The number of hydrogen-bond acceptors (Lipinski definition) is 4. The summed E-state index contributed by atoms with van der Waals surface area (Å²) in [7, 11) is 0. The molecule has 0 aliphatic carbocycles. The first-order valence-electron chi connectivity index (χ1n) is 9.87. The summed E-state index contributed by atoms with van der Waals surface area (Å²) in [6.07, 6.45) is 6.93. The molecule has 156 valence electrons. The lowest BCUT2D eigenvalue weighted by molar-refractivity contribution is -0.128. The number of ether oxygens (including phenoxy) is 1. The maximum atomic E-state index is 13.1. The number of nitrogens with zero attached hydrogens (tertiary/aromatic N) is 1. The summed E-state index contributed by atoms with van der Waals surface area (Å²) in [6.45, 7) is 8.19. The molecule has 2 aromatic carbocycles. The van der Waals surface area contributed by atoms with Crippen molar-refractivity contribution in [2.24, 2.45) is 0 Å². The van der Waals surface area contributed by atoms with Crippen molar-refractivity contribution in [1.82, 2.24) is 15.3 Å². The van der Waals surface area contributed by atoms with Gasteiger partial charge in [0.2, 0.25) is 5.91 Å². The van der Waals surface area contributed by atoms with Gasteiger partial charge in [0.1, 0.15) is 5.60 Å². The zero-order valence-corrected chi connectivity index (χ0v) is 17.8. The number of H-pyrrole nitrogens is 1. The lowest BCUT2D eigenvalue weighted by Crippen LogP contribution is -2.38. The molecule has 0 saturated carbocycles. The highest BCUT2D eigenvalue weighted by Gasteiger charge is 2.40. The quantitative estimate of drug-likeness (QED) is 0.595. The third kappa shape index (κ3) is 4.71. The van der Waals surface area contributed by atoms with E-state index in [1.807, 2.05) is 54.6 Å². The number of aromatic amines is 1. The van der Waals surface area contributed by atoms with Crippen LogP contribution >= 0.6 is 11.8 Å². The Kier molecular flexibility index (Phi) is 6.21. The second-order valence-electron chi connectivity index (χ2n) is 7.20. The number of amides is 1. The summed E-state index contributed by atoms with van der Waals surface area (Å²) in [4.78, 5) is 22.4. The Bertz CT molecular complexity index is 1120. The molecule has 1 aliphatic rings. The van der Waals surface area contributed by atoms with Crippen LogP contribution in [-0.2, 0) is 21.7 Å². The summed E-state index contributed by atoms with van der Waals surface area (Å²) < 4.78 is 6.56. The number of carbonyl (C=O) groups is 1. The zero-order chi connectivity index (χ0) is 21.7. The van der Waals surface area contributed by atoms with E-state index < -0.39 is 5.60 Å². The summed E-state index contributed by atoms with van der Waals surface area (Å²) in [6, 6.07) is 17.9. The average Bonchev–Trinajstić information content (AvgIpc) is 3.32. The molecule has 0 saturated heterocycles. The van der Waals surface area contributed by atoms with Gasteiger partial charge in [0.25, 0.3) is 0 Å². The number of carbonyl (C=O) groups excluding carboxylic acids is 1. The first-order chi connectivity index (χ1) is 15.1. The molecule has 0 fully saturated rings. The van der Waals surface area contributed by atoms with Crippen LogP contribution in [-0.4, -0.2) is 15.9 Å². The van der Waals surface area contributed by atoms with Crippen LogP contribution in [0.1, 0.15) is 23.2 Å². The molecule has 0 radical (unpaired) electrons. The fourth-order valence-corrected chi connectivity index (χ4v) is 4.45. The van der Waals surface area contributed by atoms with Gasteiger partial charge in [-0.1, -0.05) is 73.5 Å². The number of benzene rings is 2. The van der Waals surface area contributed by atoms with E-state index >= 15 is 0 Å². The van der Waals surface area contributed by atoms with Crippen molar-refractivity contribution in [2.75, 3.05) is 0 Å². The number of nitrogens with one attached hydrogen (secondary N) is 2. The first-order valence-corrected chi connectivity index (χ1v) is 10.7. The molecule has 3 aromatic rings. The molecule has 2 heterocycles. The first kappa shape index (κ1) is 20.9. The van der Waals surface area contributed by atoms with Crippen LogP contribution < -0.4 is 5.32 Å². The predicted octanol–water partition coefficient (Wildman–Crippen LogP) is 5.07. The molecule has 1 atom stereocenters. The number of thioether (sulfide) groups is 1. The van der Waals surface area contributed by atoms with Crippen LogP contribution in [0.4, 0.5) is 0 Å². The highest BCUT2D eigenvalue weighted by Crippen LogP contribution is 2.40. The van der Waals surface area contributed by atoms with Crippen molar-refractivity contribution < 1.29 is 9.53 Å². The van der Waals surface area contributed by atoms with Crippen molar-refractivity contribution in [1.29, 1.82) is 0 Å². The monoisotopic (exact) mass is 429 g/mol. The number of hydrogen-bond donors (Lipinski definition) is 2. The van der Waals surface area contributed by atoms with E-state index in [1.165, 1.54) is 0 Å². The summed E-state index contributed by atoms with van der Waals surface area (Å²) in [5.41, 5.74) is 2.04. The van der Waals surface area contributed by atoms with Gasteiger partial charge in [-0.3, -0.25) is 4.79 Å². The van der Waals surface area contributed by atoms with Crippen LogP contribution in [0.2, 0.25) is 0 Å². The number of aromatic nitrogens is 2. The minimum absolute atomic E-state index is 0.0619. The molecule has 31 heavy (non-hydrogen) atoms. The van der Waals surface area contributed by atoms with E-state index in [9.17, 15) is 4.79 Å². The molecular formula is C25H23N3O2S. The Labute approximate surface area is 185 Å². The second-order valence-corrected chi connectivity index (χ2v) is 8.34. The molecule has 1 unspecified atom stereocenters. The summed E-state index contributed by atoms with van der Waals surface area (Å²) >= 11 is 1.55. The van der Waals surface area contributed by atoms with Crippen molar-refractivity contribution in [3.8, 4) is 0 Å². The van der Waals surface area contributed by atoms with Gasteiger partial charge in [-0.2, -0.15) is 0 Å². The largest absolute Gasteiger partial charge is 0.359 e. The van der Waals surface area contributed by atoms with E-state index in [4.69, 9.17) is 4.74 Å². The number of fused-ring (bicyclic) bond motifs is 2. The predicted molar refractivity (Wildman–Crippen MR) is 123 cm³/mol. The molecule has 1 aromatic heterocycles. The van der Waals surface area contributed by atoms with E-state index in [1.54, 1.807) is 30.4 Å². The van der Waals surface area contributed by atoms with E-state index in [0.717, 1.165) is 20.9 Å². The van der Waals surface area contributed by atoms with Gasteiger partial charge in [-0.25, -0.2) is 4.98 Å². The van der Waals surface area contributed by atoms with Crippen molar-refractivity contribution in [2.45, 2.75) is 23.5 Å². The number of rotatable bonds is 5. The zero-order valence-electron chi connectivity index (χ0n) is 17.0. The van der Waals surface area contributed by atoms with Crippen LogP contribution in [0.15, 0.2) is 108 Å². The third-order valence-corrected chi connectivity index (χ3v) is 6.03. The summed E-state index contributed by atoms with van der Waals surface area (Å²) in [5, 5.41) is 2.88. The van der Waals surface area contributed by atoms with Crippen molar-refractivity contribution in [3.05, 3.63) is 120 Å². The fraction of sp³-hybridized carbons (Fsp3) is 0.120. The Morgan fingerprint density at radius 1 is 1.19 bits per heavy atom. The maximum absolute atomic E-state index is 13.1. The van der Waals surface area contributed by atoms with Gasteiger partial charge in [-0.05, 0) is 29.3 Å². The minimum Gasteiger partial charge on any atom is -0.359 e. The van der Waals surface area contributed by atoms with Crippen molar-refractivity contribution >= 4 is 17.7 Å². The normalized spacial score (nSPS) is 20.8. The Balaban J connectivity index is 1.84. The topological polar surface area (TPSA) is 67.0 Å². The molecule has 2 bridgehead atoms. The number of imidazole rings is 1. The fourth-order valence-electron chi connectivity index (χ4n) is 3.56. The molecule has 2 N–H and O–H groups in total. The van der Waals surface area contributed by atoms with E-state index in [-0.39, 0.29) is 12.3 Å². The third-order valence-electron chi connectivity index (χ3n) is 5.02. The van der Waals surface area contributed by atoms with Gasteiger partial charge in [0.05, 0.1) is 31.2 Å². The van der Waals surface area contributed by atoms with Crippen LogP contribution in [0.25, 0.3) is 0 Å². The second kappa shape index (κ2) is 9.20. The lowest BCUT2D eigenvalue weighted by Gasteiger charge is -2.33. The molecule has 5 nitrogen and oxygen atoms in total. The molecule has 0 spiro atoms. The highest BCUT2D eigenvalue weighted by atomic mass is 32.2. The van der Waals surface area contributed by atoms with Crippen LogP contribution in [0, 0.1) is 0 Å². The molecule has 6 heteroatoms. The highest BCUT2D eigenvalue weighted by molar-refractivity contribution is 8.03. The van der Waals surface area contributed by atoms with E-state index in [2.05, 4.69) is 34.5 Å². The Morgan fingerprint density at radius 3 is 2.77 bits per heavy atom. The van der Waals surface area contributed by atoms with Gasteiger partial charge in [-0.15, -0.1) is 0 Å². The van der Waals surface area contributed by atoms with Crippen LogP contribution in [0.3, 0.4) is 0 Å². The Hall–Kier alpha value is -3.35. The van der Waals surface area contributed by atoms with Gasteiger partial charge in [0.15, 0.2) is 0 Å². The van der Waals surface area contributed by atoms with Gasteiger partial charge in [0, 0.05) is 15.5 Å². The lowest BCUT2D eigenvalue weighted by atomic mass is 9.86. The smallest absolute Gasteiger partial charge is 0.228 e. The van der Waals surface area contributed by atoms with Gasteiger partial charge < -0.3 is 15.0 Å². The molecular weight excluding hydrogens is 406 g/mol. The number of allylic oxidation sites excluding steroid dienone is 2. The Morgan fingerprint density at radius 2 is 2.03 bits per heavy atom. The van der Waals surface area contributed by atoms with Crippen molar-refractivity contribution in [3.63, 3.8) is 0 Å². The maximum Gasteiger partial charge on any atom is 0.228 e. The standard InChI is InChI=1S/C25H23N3O2S/c1-3-21-12-18(2)28-24(29)14-25(23-15-26-17-27-23,20-10-7-11-22(13-20)31-21)30-16-19-8-5-4-6-9-19/h3-13,15,17H,1-2,14,16H2,(H,26,27)(H,28,29)/b21-12+. The molecule has 1 aliphatic heterocycles. The minimum atomic E-state index is -1.05. The SMILES string of the molecule is C=C/C1=C\C(=C)NC(=O)CC(OCc2ccccc2)(c2cnc[nH]2)c2cccc(c2)S1. The summed E-state index contributed by atoms with van der Waals surface area (Å²) in [5.74, 6) is -0.204. The molecule has 1 amide bonds. The average molecular weight is 430 g/mol.